The van der Waals surface area contributed by atoms with Crippen molar-refractivity contribution < 1.29 is 44.7 Å². The molecule has 4 atom stereocenters. The maximum absolute atomic E-state index is 14.1. The number of hydrogen-bond acceptors (Lipinski definition) is 26. The van der Waals surface area contributed by atoms with Crippen LogP contribution in [-0.4, -0.2) is 86.5 Å². The lowest BCUT2D eigenvalue weighted by atomic mass is 9.83. The third-order valence-corrected chi connectivity index (χ3v) is 27.9. The highest BCUT2D eigenvalue weighted by atomic mass is 35.5. The highest BCUT2D eigenvalue weighted by Gasteiger charge is 2.46. The lowest BCUT2D eigenvalue weighted by molar-refractivity contribution is -0.135. The number of aryl methyl sites for hydroxylation is 2. The topological polar surface area (TPSA) is 397 Å². The van der Waals surface area contributed by atoms with Crippen LogP contribution in [0.4, 0.5) is 0 Å². The number of ether oxygens (including phenoxy) is 2. The molecule has 31 heteroatoms. The average molecular weight is 1660 g/mol. The van der Waals surface area contributed by atoms with Crippen molar-refractivity contribution >= 4 is 124 Å². The molecule has 6 aliphatic heterocycles. The van der Waals surface area contributed by atoms with E-state index in [-0.39, 0.29) is 67.9 Å². The van der Waals surface area contributed by atoms with Crippen LogP contribution in [-0.2, 0) is 38.7 Å². The lowest BCUT2D eigenvalue weighted by Crippen LogP contribution is -2.41. The fourth-order valence-corrected chi connectivity index (χ4v) is 22.1. The minimum absolute atomic E-state index is 0.00227. The molecular formula is C84H67ClN12O12S6. The summed E-state index contributed by atoms with van der Waals surface area (Å²) >= 11 is 11.5. The van der Waals surface area contributed by atoms with Crippen LogP contribution in [0.1, 0.15) is 68.6 Å². The summed E-state index contributed by atoms with van der Waals surface area (Å²) in [6, 6.07) is 62.5. The summed E-state index contributed by atoms with van der Waals surface area (Å²) in [6.45, 7) is 5.35. The van der Waals surface area contributed by atoms with Crippen LogP contribution >= 0.6 is 57.8 Å². The van der Waals surface area contributed by atoms with Crippen molar-refractivity contribution in [2.24, 2.45) is 22.9 Å². The number of nitrogens with zero attached hydrogens (tertiary/aromatic N) is 8. The molecule has 4 aromatic heterocycles. The molecule has 0 aliphatic carbocycles. The van der Waals surface area contributed by atoms with Crippen LogP contribution in [0.25, 0.3) is 34.9 Å². The van der Waals surface area contributed by atoms with Gasteiger partial charge in [0.25, 0.3) is 11.1 Å². The number of fused-ring (bicyclic) bond motifs is 4. The number of carbonyl (C=O) groups excluding carboxylic acids is 2. The molecule has 578 valence electrons. The molecule has 24 nitrogen and oxygen atoms in total. The SMILES string of the molecule is COC(=O)C1=c2s/c(=C\c3ccc(C)cc3)c(=O)n2C(N)=C(S(=O)(=O)c2ccccc2)C1c1ccc(C)cc1.COC(=O)C1=c2s/c(=C\c3ccco3)c(=O)n2C(N)=C(S(=O)(=O)c2ccccc2)C1c1ccco1.N#CC1=C(N)N2CCSC2=C(C#N)C1c1ccccc1.N#CC1=C(N)N2CCSC2=C(C#N)C1c1ccccc1Cl. The first-order valence-electron chi connectivity index (χ1n) is 35.0. The summed E-state index contributed by atoms with van der Waals surface area (Å²) in [5.74, 6) is -2.05. The molecule has 0 bridgehead atoms. The van der Waals surface area contributed by atoms with Gasteiger partial charge >= 0.3 is 11.9 Å². The smallest absolute Gasteiger partial charge is 0.337 e. The molecule has 2 fully saturated rings. The number of thioether (sulfide) groups is 2. The number of carbonyl (C=O) groups is 2. The van der Waals surface area contributed by atoms with E-state index in [2.05, 4.69) is 24.3 Å². The van der Waals surface area contributed by atoms with Crippen molar-refractivity contribution in [1.82, 2.24) is 18.9 Å². The van der Waals surface area contributed by atoms with Gasteiger partial charge in [0.05, 0.1) is 137 Å². The van der Waals surface area contributed by atoms with E-state index >= 15 is 0 Å². The molecule has 0 amide bonds. The van der Waals surface area contributed by atoms with Gasteiger partial charge < -0.3 is 51.0 Å². The second-order valence-electron chi connectivity index (χ2n) is 26.1. The molecule has 0 radical (unpaired) electrons. The summed E-state index contributed by atoms with van der Waals surface area (Å²) in [7, 11) is -6.13. The molecule has 115 heavy (non-hydrogen) atoms. The van der Waals surface area contributed by atoms with Gasteiger partial charge in [0, 0.05) is 35.7 Å². The highest BCUT2D eigenvalue weighted by Crippen LogP contribution is 2.50. The Morgan fingerprint density at radius 3 is 1.39 bits per heavy atom. The molecule has 8 N–H and O–H groups in total. The number of benzene rings is 6. The Balaban J connectivity index is 0.000000139. The predicted molar refractivity (Wildman–Crippen MR) is 442 cm³/mol. The first kappa shape index (κ1) is 80.3. The lowest BCUT2D eigenvalue weighted by Gasteiger charge is -2.31. The van der Waals surface area contributed by atoms with Crippen LogP contribution in [0, 0.1) is 59.2 Å². The Kier molecular flexibility index (Phi) is 23.7. The molecule has 4 unspecified atom stereocenters. The van der Waals surface area contributed by atoms with Crippen LogP contribution in [0.5, 0.6) is 0 Å². The summed E-state index contributed by atoms with van der Waals surface area (Å²) < 4.78 is 80.1. The van der Waals surface area contributed by atoms with E-state index in [4.69, 9.17) is 52.8 Å². The molecule has 16 rings (SSSR count). The summed E-state index contributed by atoms with van der Waals surface area (Å²) in [6.07, 6.45) is 6.01. The van der Waals surface area contributed by atoms with Gasteiger partial charge in [-0.15, -0.1) is 46.2 Å². The second kappa shape index (κ2) is 33.9. The maximum atomic E-state index is 14.1. The normalized spacial score (nSPS) is 18.0. The van der Waals surface area contributed by atoms with Gasteiger partial charge in [0.15, 0.2) is 0 Å². The van der Waals surface area contributed by atoms with Crippen molar-refractivity contribution in [3.8, 4) is 24.3 Å². The van der Waals surface area contributed by atoms with E-state index in [9.17, 15) is 57.1 Å². The van der Waals surface area contributed by atoms with Gasteiger partial charge in [0.2, 0.25) is 19.7 Å². The van der Waals surface area contributed by atoms with E-state index < -0.39 is 60.5 Å². The first-order chi connectivity index (χ1) is 55.4. The molecule has 10 aromatic rings. The van der Waals surface area contributed by atoms with E-state index in [1.54, 1.807) is 108 Å². The monoisotopic (exact) mass is 1660 g/mol. The van der Waals surface area contributed by atoms with Gasteiger partial charge in [-0.2, -0.15) is 21.0 Å². The van der Waals surface area contributed by atoms with Crippen LogP contribution in [0.15, 0.2) is 283 Å². The number of halogens is 1. The average Bonchev–Trinajstić information content (AvgIpc) is 1.65. The highest BCUT2D eigenvalue weighted by molar-refractivity contribution is 8.03. The largest absolute Gasteiger partial charge is 0.468 e. The number of hydrogen-bond donors (Lipinski definition) is 4. The van der Waals surface area contributed by atoms with Gasteiger partial charge in [-0.1, -0.05) is 156 Å². The fourth-order valence-electron chi connectivity index (χ4n) is 13.9. The molecule has 2 saturated heterocycles. The molecule has 0 spiro atoms. The van der Waals surface area contributed by atoms with Crippen LogP contribution in [0.2, 0.25) is 5.02 Å². The summed E-state index contributed by atoms with van der Waals surface area (Å²) in [5.41, 5.74) is 31.2. The Hall–Kier alpha value is -12.8. The van der Waals surface area contributed by atoms with E-state index in [0.717, 1.165) is 94.3 Å². The fraction of sp³-hybridized carbons (Fsp3) is 0.143. The van der Waals surface area contributed by atoms with E-state index in [0.29, 0.717) is 54.8 Å². The minimum atomic E-state index is -4.28. The molecule has 6 aromatic carbocycles. The molecule has 6 aliphatic rings. The Morgan fingerprint density at radius 1 is 0.496 bits per heavy atom. The number of nitrogens with two attached hydrogens (primary N) is 4. The van der Waals surface area contributed by atoms with Crippen molar-refractivity contribution in [1.29, 1.82) is 21.0 Å². The Labute approximate surface area is 680 Å². The number of furan rings is 2. The second-order valence-corrected chi connectivity index (χ2v) is 34.5. The number of rotatable bonds is 12. The summed E-state index contributed by atoms with van der Waals surface area (Å²) in [5, 5.41) is 40.4. The number of nitriles is 4. The Morgan fingerprint density at radius 2 is 0.922 bits per heavy atom. The zero-order valence-corrected chi connectivity index (χ0v) is 67.1. The van der Waals surface area contributed by atoms with Gasteiger partial charge in [-0.3, -0.25) is 18.7 Å². The molecule has 10 heterocycles. The number of allylic oxidation sites excluding steroid dienone is 6. The van der Waals surface area contributed by atoms with Crippen LogP contribution < -0.4 is 52.4 Å². The maximum Gasteiger partial charge on any atom is 0.337 e. The third-order valence-electron chi connectivity index (χ3n) is 19.3. The quantitative estimate of drug-likeness (QED) is 0.0826. The number of aromatic nitrogens is 2. The van der Waals surface area contributed by atoms with Crippen LogP contribution in [0.3, 0.4) is 0 Å². The minimum Gasteiger partial charge on any atom is -0.468 e. The zero-order chi connectivity index (χ0) is 81.7. The number of esters is 2. The third kappa shape index (κ3) is 15.2. The zero-order valence-electron chi connectivity index (χ0n) is 61.5. The van der Waals surface area contributed by atoms with Crippen molar-refractivity contribution in [3.05, 3.63) is 343 Å². The standard InChI is InChI=1S/C30H26N2O5S2.C24H18N2O7S2.C15H11ClN4S.C15H12N4S/c1-18-9-13-20(14-10-18)17-23-28(33)32-27(31)26(39(35,36)22-7-5-4-6-8-22)24(21-15-11-19(2)12-16-21)25(29(32)38-23)30(34)37-3;1-31-24(28)19-18(16-10-6-12-33-16)20(35(29,30)15-8-3-2-4-9-15)21(25)26-22(27)17(34-23(19)26)13-14-7-5-11-32-14;16-12-4-2-1-3-9(12)13-10(7-17)14(19)20-5-6-21-15(20)11(13)8-18;16-8-11-13(10-4-2-1-3-5-10)12(9-17)15-19(14(11)18)6-7-20-15/h4-17,24H,31H2,1-3H3;2-13,18H,25H2,1H3;1-4,13H,5-6,19H2;1-5,13H,6-7,18H2/b23-17-;17-13-;;. The van der Waals surface area contributed by atoms with Gasteiger partial charge in [-0.05, 0) is 96.8 Å². The predicted octanol–water partition coefficient (Wildman–Crippen LogP) is 9.82. The first-order valence-corrected chi connectivity index (χ1v) is 42.0. The van der Waals surface area contributed by atoms with E-state index in [1.807, 2.05) is 109 Å². The number of methoxy groups -OCH3 is 2. The van der Waals surface area contributed by atoms with Crippen molar-refractivity contribution in [3.63, 3.8) is 0 Å². The van der Waals surface area contributed by atoms with Crippen molar-refractivity contribution in [2.45, 2.75) is 47.3 Å². The Bertz CT molecular complexity index is 6600. The van der Waals surface area contributed by atoms with Crippen molar-refractivity contribution in [2.75, 3.05) is 38.8 Å². The number of thiazole rings is 2. The summed E-state index contributed by atoms with van der Waals surface area (Å²) in [4.78, 5) is 56.7. The van der Waals surface area contributed by atoms with Gasteiger partial charge in [-0.25, -0.2) is 26.4 Å². The molecular weight excluding hydrogens is 1600 g/mol. The van der Waals surface area contributed by atoms with E-state index in [1.165, 1.54) is 57.1 Å². The van der Waals surface area contributed by atoms with Gasteiger partial charge in [0.1, 0.15) is 53.9 Å². The molecule has 0 saturated carbocycles. The number of sulfone groups is 2.